The number of ether oxygens (including phenoxy) is 3. The number of halogens is 4. The summed E-state index contributed by atoms with van der Waals surface area (Å²) in [6.07, 6.45) is -3.56. The molecular formula is C18H28F3IN4O3. The maximum atomic E-state index is 12.5. The minimum Gasteiger partial charge on any atom is -0.496 e. The van der Waals surface area contributed by atoms with E-state index in [1.807, 2.05) is 0 Å². The topological polar surface area (TPSA) is 67.4 Å². The molecule has 29 heavy (non-hydrogen) atoms. The van der Waals surface area contributed by atoms with E-state index in [-0.39, 0.29) is 30.0 Å². The van der Waals surface area contributed by atoms with Crippen LogP contribution in [-0.4, -0.2) is 71.1 Å². The molecule has 1 aromatic carbocycles. The lowest BCUT2D eigenvalue weighted by atomic mass is 10.1. The van der Waals surface area contributed by atoms with Gasteiger partial charge in [-0.1, -0.05) is 0 Å². The Morgan fingerprint density at radius 1 is 1.14 bits per heavy atom. The molecule has 2 N–H and O–H groups in total. The van der Waals surface area contributed by atoms with E-state index < -0.39 is 12.7 Å². The molecular weight excluding hydrogens is 504 g/mol. The minimum absolute atomic E-state index is 0. The molecule has 1 atom stereocenters. The smallest absolute Gasteiger partial charge is 0.401 e. The first kappa shape index (κ1) is 25.4. The van der Waals surface area contributed by atoms with Gasteiger partial charge in [-0.15, -0.1) is 24.0 Å². The number of methoxy groups -OCH3 is 3. The molecule has 0 saturated carbocycles. The first-order chi connectivity index (χ1) is 13.3. The number of alkyl halides is 3. The molecule has 1 fully saturated rings. The Bertz CT molecular complexity index is 689. The normalized spacial score (nSPS) is 17.5. The van der Waals surface area contributed by atoms with Crippen molar-refractivity contribution < 1.29 is 27.4 Å². The molecule has 1 saturated heterocycles. The van der Waals surface area contributed by atoms with Crippen molar-refractivity contribution in [2.75, 3.05) is 48.0 Å². The Morgan fingerprint density at radius 3 is 2.31 bits per heavy atom. The number of rotatable bonds is 7. The van der Waals surface area contributed by atoms with Crippen molar-refractivity contribution in [3.8, 4) is 17.2 Å². The second-order valence-corrected chi connectivity index (χ2v) is 6.43. The van der Waals surface area contributed by atoms with Gasteiger partial charge in [0.1, 0.15) is 5.75 Å². The molecule has 0 bridgehead atoms. The van der Waals surface area contributed by atoms with E-state index in [1.54, 1.807) is 40.5 Å². The van der Waals surface area contributed by atoms with Crippen molar-refractivity contribution in [1.29, 1.82) is 0 Å². The lowest BCUT2D eigenvalue weighted by molar-refractivity contribution is -0.143. The molecule has 1 unspecified atom stereocenters. The van der Waals surface area contributed by atoms with Crippen LogP contribution in [0, 0.1) is 0 Å². The Balaban J connectivity index is 0.00000420. The molecule has 0 aromatic heterocycles. The highest BCUT2D eigenvalue weighted by Crippen LogP contribution is 2.34. The van der Waals surface area contributed by atoms with Gasteiger partial charge < -0.3 is 24.8 Å². The summed E-state index contributed by atoms with van der Waals surface area (Å²) >= 11 is 0. The van der Waals surface area contributed by atoms with Crippen LogP contribution in [0.3, 0.4) is 0 Å². The number of likely N-dealkylation sites (tertiary alicyclic amines) is 1. The summed E-state index contributed by atoms with van der Waals surface area (Å²) in [4.78, 5) is 5.55. The third kappa shape index (κ3) is 7.61. The van der Waals surface area contributed by atoms with Gasteiger partial charge in [-0.2, -0.15) is 13.2 Å². The number of nitrogens with zero attached hydrogens (tertiary/aromatic N) is 2. The van der Waals surface area contributed by atoms with Crippen molar-refractivity contribution in [1.82, 2.24) is 15.5 Å². The zero-order valence-corrected chi connectivity index (χ0v) is 19.3. The number of aliphatic imine (C=N–C) groups is 1. The standard InChI is InChI=1S/C18H27F3N4O3.HI/c1-22-17(24-13-5-6-25(10-13)11-18(19,20)21)23-9-12-7-15(27-3)16(28-4)8-14(12)26-2;/h7-8,13H,5-6,9-11H2,1-4H3,(H2,22,23,24);1H. The van der Waals surface area contributed by atoms with Crippen LogP contribution >= 0.6 is 24.0 Å². The van der Waals surface area contributed by atoms with E-state index in [0.717, 1.165) is 5.56 Å². The van der Waals surface area contributed by atoms with Crippen LogP contribution in [-0.2, 0) is 6.54 Å². The van der Waals surface area contributed by atoms with Gasteiger partial charge >= 0.3 is 6.18 Å². The number of hydrogen-bond donors (Lipinski definition) is 2. The summed E-state index contributed by atoms with van der Waals surface area (Å²) < 4.78 is 53.6. The first-order valence-electron chi connectivity index (χ1n) is 8.84. The van der Waals surface area contributed by atoms with Crippen LogP contribution in [0.5, 0.6) is 17.2 Å². The van der Waals surface area contributed by atoms with Crippen LogP contribution in [0.25, 0.3) is 0 Å². The summed E-state index contributed by atoms with van der Waals surface area (Å²) in [7, 11) is 6.27. The quantitative estimate of drug-likeness (QED) is 0.320. The Kier molecular flexibility index (Phi) is 10.1. The molecule has 7 nitrogen and oxygen atoms in total. The van der Waals surface area contributed by atoms with Crippen LogP contribution in [0.4, 0.5) is 13.2 Å². The number of hydrogen-bond acceptors (Lipinski definition) is 5. The second kappa shape index (κ2) is 11.5. The highest BCUT2D eigenvalue weighted by atomic mass is 127. The van der Waals surface area contributed by atoms with Gasteiger partial charge in [0, 0.05) is 44.4 Å². The van der Waals surface area contributed by atoms with Crippen LogP contribution in [0.15, 0.2) is 17.1 Å². The van der Waals surface area contributed by atoms with E-state index in [1.165, 1.54) is 4.90 Å². The zero-order valence-electron chi connectivity index (χ0n) is 16.9. The van der Waals surface area contributed by atoms with Crippen molar-refractivity contribution in [2.24, 2.45) is 4.99 Å². The molecule has 1 heterocycles. The van der Waals surface area contributed by atoms with Crippen molar-refractivity contribution >= 4 is 29.9 Å². The maximum absolute atomic E-state index is 12.5. The molecule has 11 heteroatoms. The second-order valence-electron chi connectivity index (χ2n) is 6.43. The predicted octanol–water partition coefficient (Wildman–Crippen LogP) is 2.63. The maximum Gasteiger partial charge on any atom is 0.401 e. The zero-order chi connectivity index (χ0) is 20.7. The van der Waals surface area contributed by atoms with E-state index in [4.69, 9.17) is 14.2 Å². The van der Waals surface area contributed by atoms with E-state index in [9.17, 15) is 13.2 Å². The van der Waals surface area contributed by atoms with Crippen molar-refractivity contribution in [2.45, 2.75) is 25.2 Å². The Hall–Kier alpha value is -1.63. The Labute approximate surface area is 186 Å². The number of nitrogens with one attached hydrogen (secondary N) is 2. The summed E-state index contributed by atoms with van der Waals surface area (Å²) in [6, 6.07) is 3.44. The molecule has 0 amide bonds. The van der Waals surface area contributed by atoms with Gasteiger partial charge in [-0.25, -0.2) is 0 Å². The van der Waals surface area contributed by atoms with E-state index >= 15 is 0 Å². The fourth-order valence-electron chi connectivity index (χ4n) is 3.15. The largest absolute Gasteiger partial charge is 0.496 e. The average molecular weight is 532 g/mol. The van der Waals surface area contributed by atoms with Gasteiger partial charge in [0.25, 0.3) is 0 Å². The average Bonchev–Trinajstić information content (AvgIpc) is 3.09. The van der Waals surface area contributed by atoms with Gasteiger partial charge in [-0.05, 0) is 12.5 Å². The van der Waals surface area contributed by atoms with Crippen molar-refractivity contribution in [3.63, 3.8) is 0 Å². The Morgan fingerprint density at radius 2 is 1.76 bits per heavy atom. The SMILES string of the molecule is CN=C(NCc1cc(OC)c(OC)cc1OC)NC1CCN(CC(F)(F)F)C1.I. The van der Waals surface area contributed by atoms with Gasteiger partial charge in [0.15, 0.2) is 17.5 Å². The lowest BCUT2D eigenvalue weighted by Crippen LogP contribution is -2.44. The molecule has 2 rings (SSSR count). The van der Waals surface area contributed by atoms with Crippen LogP contribution < -0.4 is 24.8 Å². The minimum atomic E-state index is -4.18. The van der Waals surface area contributed by atoms with Gasteiger partial charge in [-0.3, -0.25) is 9.89 Å². The molecule has 1 aliphatic rings. The third-order valence-corrected chi connectivity index (χ3v) is 4.47. The molecule has 0 radical (unpaired) electrons. The van der Waals surface area contributed by atoms with E-state index in [0.29, 0.717) is 49.3 Å². The highest BCUT2D eigenvalue weighted by molar-refractivity contribution is 14.0. The summed E-state index contributed by atoms with van der Waals surface area (Å²) in [5.41, 5.74) is 0.827. The lowest BCUT2D eigenvalue weighted by Gasteiger charge is -2.20. The summed E-state index contributed by atoms with van der Waals surface area (Å²) in [6.45, 7) is 0.222. The highest BCUT2D eigenvalue weighted by Gasteiger charge is 2.34. The third-order valence-electron chi connectivity index (χ3n) is 4.47. The van der Waals surface area contributed by atoms with Crippen LogP contribution in [0.1, 0.15) is 12.0 Å². The molecule has 1 aliphatic heterocycles. The fourth-order valence-corrected chi connectivity index (χ4v) is 3.15. The van der Waals surface area contributed by atoms with Crippen molar-refractivity contribution in [3.05, 3.63) is 17.7 Å². The monoisotopic (exact) mass is 532 g/mol. The predicted molar refractivity (Wildman–Crippen MR) is 116 cm³/mol. The summed E-state index contributed by atoms with van der Waals surface area (Å²) in [5.74, 6) is 2.26. The molecule has 0 aliphatic carbocycles. The molecule has 0 spiro atoms. The summed E-state index contributed by atoms with van der Waals surface area (Å²) in [5, 5.41) is 6.33. The van der Waals surface area contributed by atoms with Crippen LogP contribution in [0.2, 0.25) is 0 Å². The van der Waals surface area contributed by atoms with Gasteiger partial charge in [0.05, 0.1) is 27.9 Å². The van der Waals surface area contributed by atoms with E-state index in [2.05, 4.69) is 15.6 Å². The first-order valence-corrected chi connectivity index (χ1v) is 8.84. The fraction of sp³-hybridized carbons (Fsp3) is 0.611. The molecule has 166 valence electrons. The number of benzene rings is 1. The number of guanidine groups is 1. The molecule has 1 aromatic rings. The van der Waals surface area contributed by atoms with Gasteiger partial charge in [0.2, 0.25) is 0 Å².